The maximum absolute atomic E-state index is 12.0. The molecule has 2 heterocycles. The predicted molar refractivity (Wildman–Crippen MR) is 79.1 cm³/mol. The Bertz CT molecular complexity index is 884. The van der Waals surface area contributed by atoms with Gasteiger partial charge in [-0.3, -0.25) is 4.79 Å². The molecule has 1 unspecified atom stereocenters. The number of aliphatic carboxylic acids is 1. The van der Waals surface area contributed by atoms with Crippen LogP contribution in [0.5, 0.6) is 5.75 Å². The van der Waals surface area contributed by atoms with Crippen LogP contribution in [0.15, 0.2) is 23.6 Å². The van der Waals surface area contributed by atoms with Gasteiger partial charge in [0, 0.05) is 0 Å². The van der Waals surface area contributed by atoms with Crippen molar-refractivity contribution in [3.8, 4) is 5.75 Å². The smallest absolute Gasteiger partial charge is 0.481 e. The topological polar surface area (TPSA) is 152 Å². The van der Waals surface area contributed by atoms with Gasteiger partial charge in [0.1, 0.15) is 12.1 Å². The molecule has 1 aromatic carbocycles. The standard InChI is InChI=1S/C12H12BN3O7S/c1-6-2-7(23-24(20,21)12-14-5-15-16-12)3-8-11(6)9(4-10(17)18)22-13(8)19/h2-3,5,9,19H,4H2,1H3,(H,17,18)(H,14,15,16). The van der Waals surface area contributed by atoms with Crippen molar-refractivity contribution in [2.45, 2.75) is 24.6 Å². The van der Waals surface area contributed by atoms with Crippen molar-refractivity contribution in [3.05, 3.63) is 29.6 Å². The first-order valence-electron chi connectivity index (χ1n) is 6.77. The first-order chi connectivity index (χ1) is 11.3. The van der Waals surface area contributed by atoms with Crippen LogP contribution in [0.4, 0.5) is 0 Å². The zero-order chi connectivity index (χ0) is 17.5. The highest BCUT2D eigenvalue weighted by Gasteiger charge is 2.38. The number of aromatic amines is 1. The molecule has 24 heavy (non-hydrogen) atoms. The zero-order valence-electron chi connectivity index (χ0n) is 12.3. The fraction of sp³-hybridized carbons (Fsp3) is 0.250. The lowest BCUT2D eigenvalue weighted by Crippen LogP contribution is -2.28. The molecule has 1 atom stereocenters. The van der Waals surface area contributed by atoms with Crippen LogP contribution in [0.25, 0.3) is 0 Å². The maximum Gasteiger partial charge on any atom is 0.492 e. The number of aromatic nitrogens is 3. The Morgan fingerprint density at radius 1 is 1.50 bits per heavy atom. The van der Waals surface area contributed by atoms with E-state index in [-0.39, 0.29) is 17.6 Å². The van der Waals surface area contributed by atoms with Crippen LogP contribution in [-0.2, 0) is 19.6 Å². The lowest BCUT2D eigenvalue weighted by Gasteiger charge is -2.13. The van der Waals surface area contributed by atoms with E-state index in [1.54, 1.807) is 6.92 Å². The van der Waals surface area contributed by atoms with Crippen LogP contribution in [0.1, 0.15) is 23.7 Å². The molecule has 0 spiro atoms. The van der Waals surface area contributed by atoms with E-state index >= 15 is 0 Å². The summed E-state index contributed by atoms with van der Waals surface area (Å²) in [6.45, 7) is 1.64. The number of hydrogen-bond acceptors (Lipinski definition) is 8. The second-order valence-electron chi connectivity index (χ2n) is 5.15. The third kappa shape index (κ3) is 2.98. The summed E-state index contributed by atoms with van der Waals surface area (Å²) < 4.78 is 34.3. The fourth-order valence-corrected chi connectivity index (χ4v) is 3.34. The number of H-pyrrole nitrogens is 1. The monoisotopic (exact) mass is 353 g/mol. The van der Waals surface area contributed by atoms with Crippen LogP contribution in [0.2, 0.25) is 0 Å². The minimum absolute atomic E-state index is 0.0544. The highest BCUT2D eigenvalue weighted by molar-refractivity contribution is 7.86. The average molecular weight is 353 g/mol. The lowest BCUT2D eigenvalue weighted by atomic mass is 9.77. The molecule has 12 heteroatoms. The van der Waals surface area contributed by atoms with E-state index in [0.717, 1.165) is 6.33 Å². The van der Waals surface area contributed by atoms with Gasteiger partial charge in [-0.25, -0.2) is 10.1 Å². The Morgan fingerprint density at radius 2 is 2.25 bits per heavy atom. The number of carbonyl (C=O) groups is 1. The fourth-order valence-electron chi connectivity index (χ4n) is 2.57. The molecule has 2 aromatic rings. The third-order valence-electron chi connectivity index (χ3n) is 3.47. The van der Waals surface area contributed by atoms with Crippen LogP contribution in [0.3, 0.4) is 0 Å². The number of nitrogens with one attached hydrogen (secondary N) is 1. The zero-order valence-corrected chi connectivity index (χ0v) is 13.1. The molecular weight excluding hydrogens is 341 g/mol. The molecule has 0 saturated heterocycles. The molecule has 1 aliphatic heterocycles. The molecule has 0 bridgehead atoms. The summed E-state index contributed by atoms with van der Waals surface area (Å²) in [4.78, 5) is 14.4. The van der Waals surface area contributed by atoms with Gasteiger partial charge in [-0.1, -0.05) is 0 Å². The first kappa shape index (κ1) is 16.4. The molecule has 10 nitrogen and oxygen atoms in total. The average Bonchev–Trinajstić information content (AvgIpc) is 3.08. The number of rotatable bonds is 5. The minimum atomic E-state index is -4.20. The number of fused-ring (bicyclic) bond motifs is 1. The van der Waals surface area contributed by atoms with Gasteiger partial charge >= 0.3 is 23.2 Å². The summed E-state index contributed by atoms with van der Waals surface area (Å²) >= 11 is 0. The van der Waals surface area contributed by atoms with E-state index in [9.17, 15) is 18.2 Å². The van der Waals surface area contributed by atoms with E-state index in [1.807, 2.05) is 0 Å². The van der Waals surface area contributed by atoms with Crippen LogP contribution in [0, 0.1) is 6.92 Å². The van der Waals surface area contributed by atoms with Gasteiger partial charge in [0.05, 0.1) is 12.5 Å². The van der Waals surface area contributed by atoms with Crippen molar-refractivity contribution in [1.82, 2.24) is 15.2 Å². The lowest BCUT2D eigenvalue weighted by molar-refractivity contribution is -0.138. The Labute approximate surface area is 136 Å². The first-order valence-corrected chi connectivity index (χ1v) is 8.18. The molecule has 0 radical (unpaired) electrons. The summed E-state index contributed by atoms with van der Waals surface area (Å²) in [7, 11) is -5.56. The second-order valence-corrected chi connectivity index (χ2v) is 6.61. The number of carboxylic acid groups (broad SMARTS) is 1. The summed E-state index contributed by atoms with van der Waals surface area (Å²) in [5.41, 5.74) is 1.32. The van der Waals surface area contributed by atoms with E-state index < -0.39 is 34.5 Å². The molecule has 0 amide bonds. The normalized spacial score (nSPS) is 16.9. The van der Waals surface area contributed by atoms with Gasteiger partial charge < -0.3 is 19.0 Å². The summed E-state index contributed by atoms with van der Waals surface area (Å²) in [6.07, 6.45) is -0.104. The minimum Gasteiger partial charge on any atom is -0.481 e. The summed E-state index contributed by atoms with van der Waals surface area (Å²) in [6, 6.07) is 2.71. The van der Waals surface area contributed by atoms with Crippen LogP contribution < -0.4 is 9.65 Å². The van der Waals surface area contributed by atoms with E-state index in [4.69, 9.17) is 13.9 Å². The van der Waals surface area contributed by atoms with Gasteiger partial charge in [-0.2, -0.15) is 13.5 Å². The van der Waals surface area contributed by atoms with Crippen molar-refractivity contribution < 1.29 is 32.2 Å². The van der Waals surface area contributed by atoms with Crippen molar-refractivity contribution in [1.29, 1.82) is 0 Å². The van der Waals surface area contributed by atoms with E-state index in [2.05, 4.69) is 15.2 Å². The number of carboxylic acids is 1. The van der Waals surface area contributed by atoms with E-state index in [1.165, 1.54) is 12.1 Å². The van der Waals surface area contributed by atoms with E-state index in [0.29, 0.717) is 11.1 Å². The van der Waals surface area contributed by atoms with Gasteiger partial charge in [0.25, 0.3) is 5.16 Å². The Balaban J connectivity index is 1.95. The molecule has 1 aliphatic rings. The molecule has 3 rings (SSSR count). The number of benzene rings is 1. The second kappa shape index (κ2) is 5.89. The van der Waals surface area contributed by atoms with Crippen molar-refractivity contribution >= 4 is 28.7 Å². The Kier molecular flexibility index (Phi) is 4.03. The molecule has 3 N–H and O–H groups in total. The third-order valence-corrected chi connectivity index (χ3v) is 4.55. The molecule has 0 aliphatic carbocycles. The summed E-state index contributed by atoms with van der Waals surface area (Å²) in [5, 5.41) is 24.0. The number of hydrogen-bond donors (Lipinski definition) is 3. The number of nitrogens with zero attached hydrogens (tertiary/aromatic N) is 2. The highest BCUT2D eigenvalue weighted by atomic mass is 32.2. The van der Waals surface area contributed by atoms with Crippen LogP contribution in [-0.4, -0.2) is 46.8 Å². The maximum atomic E-state index is 12.0. The Hall–Kier alpha value is -2.44. The van der Waals surface area contributed by atoms with Crippen LogP contribution >= 0.6 is 0 Å². The van der Waals surface area contributed by atoms with Crippen molar-refractivity contribution in [2.24, 2.45) is 0 Å². The largest absolute Gasteiger partial charge is 0.492 e. The van der Waals surface area contributed by atoms with Crippen molar-refractivity contribution in [3.63, 3.8) is 0 Å². The summed E-state index contributed by atoms with van der Waals surface area (Å²) in [5.74, 6) is -1.13. The predicted octanol–water partition coefficient (Wildman–Crippen LogP) is -0.886. The molecule has 0 fully saturated rings. The Morgan fingerprint density at radius 3 is 2.88 bits per heavy atom. The van der Waals surface area contributed by atoms with Gasteiger partial charge in [-0.15, -0.1) is 0 Å². The highest BCUT2D eigenvalue weighted by Crippen LogP contribution is 2.32. The van der Waals surface area contributed by atoms with Gasteiger partial charge in [0.2, 0.25) is 0 Å². The van der Waals surface area contributed by atoms with Gasteiger partial charge in [0.15, 0.2) is 0 Å². The molecule has 0 saturated carbocycles. The number of aryl methyl sites for hydroxylation is 1. The molecule has 126 valence electrons. The molecular formula is C12H12BN3O7S. The quantitative estimate of drug-likeness (QED) is 0.459. The molecule has 1 aromatic heterocycles. The van der Waals surface area contributed by atoms with Gasteiger partial charge in [-0.05, 0) is 35.6 Å². The van der Waals surface area contributed by atoms with Crippen molar-refractivity contribution in [2.75, 3.05) is 0 Å². The SMILES string of the molecule is Cc1cc(OS(=O)(=O)c2ncn[nH]2)cc2c1C(CC(=O)O)OB2O.